The van der Waals surface area contributed by atoms with Crippen molar-refractivity contribution >= 4 is 17.2 Å². The molecule has 0 heterocycles. The molecule has 3 N–H and O–H groups in total. The molecular formula is C14H14N2O4. The van der Waals surface area contributed by atoms with Gasteiger partial charge in [0.15, 0.2) is 5.78 Å². The van der Waals surface area contributed by atoms with Gasteiger partial charge in [-0.2, -0.15) is 0 Å². The number of benzene rings is 2. The van der Waals surface area contributed by atoms with Crippen LogP contribution < -0.4 is 5.73 Å². The molecule has 0 radical (unpaired) electrons. The average Bonchev–Trinajstić information content (AvgIpc) is 2.49. The van der Waals surface area contributed by atoms with Crippen LogP contribution in [-0.2, 0) is 0 Å². The second-order valence-electron chi connectivity index (χ2n) is 3.72. The van der Waals surface area contributed by atoms with Gasteiger partial charge in [-0.1, -0.05) is 30.3 Å². The summed E-state index contributed by atoms with van der Waals surface area (Å²) >= 11 is 0. The Balaban J connectivity index is 0.000000956. The number of aliphatic hydroxyl groups excluding tert-OH is 1. The number of non-ortho nitro benzene ring substituents is 1. The Bertz CT molecular complexity index is 612. The first kappa shape index (κ1) is 15.3. The van der Waals surface area contributed by atoms with Crippen LogP contribution in [0.4, 0.5) is 11.4 Å². The van der Waals surface area contributed by atoms with Crippen LogP contribution in [0.3, 0.4) is 0 Å². The number of ketones is 1. The highest BCUT2D eigenvalue weighted by Crippen LogP contribution is 2.22. The van der Waals surface area contributed by atoms with Crippen LogP contribution >= 0.6 is 0 Å². The number of hydrogen-bond acceptors (Lipinski definition) is 5. The van der Waals surface area contributed by atoms with Gasteiger partial charge in [-0.15, -0.1) is 0 Å². The lowest BCUT2D eigenvalue weighted by Gasteiger charge is -2.04. The molecule has 0 aliphatic rings. The van der Waals surface area contributed by atoms with Crippen molar-refractivity contribution in [2.45, 2.75) is 0 Å². The lowest BCUT2D eigenvalue weighted by atomic mass is 10.0. The van der Waals surface area contributed by atoms with E-state index in [1.807, 2.05) is 0 Å². The van der Waals surface area contributed by atoms with E-state index < -0.39 is 4.92 Å². The van der Waals surface area contributed by atoms with Crippen molar-refractivity contribution in [3.63, 3.8) is 0 Å². The number of nitrogen functional groups attached to an aromatic ring is 1. The van der Waals surface area contributed by atoms with Crippen molar-refractivity contribution in [1.29, 1.82) is 0 Å². The van der Waals surface area contributed by atoms with Crippen molar-refractivity contribution < 1.29 is 14.8 Å². The molecular weight excluding hydrogens is 260 g/mol. The van der Waals surface area contributed by atoms with Crippen LogP contribution in [0.5, 0.6) is 0 Å². The van der Waals surface area contributed by atoms with E-state index in [2.05, 4.69) is 0 Å². The summed E-state index contributed by atoms with van der Waals surface area (Å²) in [7, 11) is 1.00. The van der Waals surface area contributed by atoms with E-state index in [0.717, 1.165) is 7.11 Å². The van der Waals surface area contributed by atoms with Gasteiger partial charge in [0.25, 0.3) is 5.69 Å². The van der Waals surface area contributed by atoms with Gasteiger partial charge in [0.05, 0.1) is 10.5 Å². The predicted octanol–water partition coefficient (Wildman–Crippen LogP) is 2.02. The number of nitro benzene ring substituents is 1. The van der Waals surface area contributed by atoms with Gasteiger partial charge in [0.2, 0.25) is 0 Å². The third kappa shape index (κ3) is 3.39. The summed E-state index contributed by atoms with van der Waals surface area (Å²) in [6, 6.07) is 12.4. The van der Waals surface area contributed by atoms with Crippen molar-refractivity contribution in [2.24, 2.45) is 0 Å². The third-order valence-corrected chi connectivity index (χ3v) is 2.53. The van der Waals surface area contributed by atoms with E-state index in [9.17, 15) is 14.9 Å². The Morgan fingerprint density at radius 3 is 2.30 bits per heavy atom. The minimum absolute atomic E-state index is 0.149. The van der Waals surface area contributed by atoms with Crippen molar-refractivity contribution in [3.8, 4) is 0 Å². The molecule has 0 aliphatic heterocycles. The molecule has 6 nitrogen and oxygen atoms in total. The van der Waals surface area contributed by atoms with Crippen LogP contribution in [0, 0.1) is 10.1 Å². The number of hydrogen-bond donors (Lipinski definition) is 2. The molecule has 0 saturated carbocycles. The zero-order chi connectivity index (χ0) is 15.1. The van der Waals surface area contributed by atoms with E-state index in [0.29, 0.717) is 5.56 Å². The minimum Gasteiger partial charge on any atom is -0.400 e. The Morgan fingerprint density at radius 2 is 1.75 bits per heavy atom. The average molecular weight is 274 g/mol. The molecule has 6 heteroatoms. The number of nitrogens with zero attached hydrogens (tertiary/aromatic N) is 1. The highest BCUT2D eigenvalue weighted by molar-refractivity contribution is 6.12. The second-order valence-corrected chi connectivity index (χ2v) is 3.72. The standard InChI is InChI=1S/C13H10N2O3.CH4O/c14-12-7-6-10(15(17)18)8-11(12)13(16)9-4-2-1-3-5-9;1-2/h1-8H,14H2;2H,1H3. The van der Waals surface area contributed by atoms with E-state index in [4.69, 9.17) is 10.8 Å². The summed E-state index contributed by atoms with van der Waals surface area (Å²) in [5, 5.41) is 17.7. The first-order valence-electron chi connectivity index (χ1n) is 5.68. The topological polar surface area (TPSA) is 106 Å². The van der Waals surface area contributed by atoms with Crippen LogP contribution in [0.1, 0.15) is 15.9 Å². The van der Waals surface area contributed by atoms with E-state index in [1.165, 1.54) is 18.2 Å². The van der Waals surface area contributed by atoms with Gasteiger partial charge in [-0.25, -0.2) is 0 Å². The number of nitrogens with two attached hydrogens (primary N) is 1. The number of nitro groups is 1. The molecule has 0 atom stereocenters. The third-order valence-electron chi connectivity index (χ3n) is 2.53. The van der Waals surface area contributed by atoms with Crippen LogP contribution in [0.2, 0.25) is 0 Å². The van der Waals surface area contributed by atoms with E-state index in [-0.39, 0.29) is 22.7 Å². The molecule has 2 aromatic rings. The van der Waals surface area contributed by atoms with E-state index >= 15 is 0 Å². The maximum atomic E-state index is 12.1. The minimum atomic E-state index is -0.554. The highest BCUT2D eigenvalue weighted by atomic mass is 16.6. The number of rotatable bonds is 3. The smallest absolute Gasteiger partial charge is 0.270 e. The molecule has 0 unspecified atom stereocenters. The largest absolute Gasteiger partial charge is 0.400 e. The molecule has 2 aromatic carbocycles. The molecule has 0 amide bonds. The normalized spacial score (nSPS) is 9.30. The lowest BCUT2D eigenvalue weighted by molar-refractivity contribution is -0.384. The SMILES string of the molecule is CO.Nc1ccc([N+](=O)[O-])cc1C(=O)c1ccccc1. The number of carbonyl (C=O) groups excluding carboxylic acids is 1. The molecule has 0 bridgehead atoms. The first-order chi connectivity index (χ1) is 9.59. The summed E-state index contributed by atoms with van der Waals surface area (Å²) in [4.78, 5) is 22.3. The molecule has 0 spiro atoms. The van der Waals surface area contributed by atoms with Crippen LogP contribution in [0.25, 0.3) is 0 Å². The number of aliphatic hydroxyl groups is 1. The molecule has 0 aliphatic carbocycles. The van der Waals surface area contributed by atoms with Gasteiger partial charge < -0.3 is 10.8 Å². The fourth-order valence-corrected chi connectivity index (χ4v) is 1.60. The molecule has 104 valence electrons. The molecule has 0 saturated heterocycles. The van der Waals surface area contributed by atoms with Gasteiger partial charge in [-0.3, -0.25) is 14.9 Å². The number of anilines is 1. The van der Waals surface area contributed by atoms with Gasteiger partial charge >= 0.3 is 0 Å². The Kier molecular flexibility index (Phi) is 5.37. The number of carbonyl (C=O) groups is 1. The predicted molar refractivity (Wildman–Crippen MR) is 75.5 cm³/mol. The fourth-order valence-electron chi connectivity index (χ4n) is 1.60. The maximum absolute atomic E-state index is 12.1. The second kappa shape index (κ2) is 7.01. The summed E-state index contributed by atoms with van der Waals surface area (Å²) in [6.45, 7) is 0. The van der Waals surface area contributed by atoms with E-state index in [1.54, 1.807) is 30.3 Å². The summed E-state index contributed by atoms with van der Waals surface area (Å²) in [5.41, 5.74) is 6.36. The first-order valence-corrected chi connectivity index (χ1v) is 5.68. The molecule has 20 heavy (non-hydrogen) atoms. The molecule has 2 rings (SSSR count). The van der Waals surface area contributed by atoms with Gasteiger partial charge in [-0.05, 0) is 6.07 Å². The van der Waals surface area contributed by atoms with Gasteiger partial charge in [0.1, 0.15) is 0 Å². The summed E-state index contributed by atoms with van der Waals surface area (Å²) < 4.78 is 0. The zero-order valence-corrected chi connectivity index (χ0v) is 10.8. The zero-order valence-electron chi connectivity index (χ0n) is 10.8. The molecule has 0 aromatic heterocycles. The molecule has 0 fully saturated rings. The quantitative estimate of drug-likeness (QED) is 0.385. The Hall–Kier alpha value is -2.73. The maximum Gasteiger partial charge on any atom is 0.270 e. The van der Waals surface area contributed by atoms with Crippen molar-refractivity contribution in [2.75, 3.05) is 12.8 Å². The Morgan fingerprint density at radius 1 is 1.15 bits per heavy atom. The summed E-state index contributed by atoms with van der Waals surface area (Å²) in [5.74, 6) is -0.322. The monoisotopic (exact) mass is 274 g/mol. The van der Waals surface area contributed by atoms with Crippen molar-refractivity contribution in [3.05, 3.63) is 69.8 Å². The van der Waals surface area contributed by atoms with Gasteiger partial charge in [0, 0.05) is 30.5 Å². The van der Waals surface area contributed by atoms with Crippen molar-refractivity contribution in [1.82, 2.24) is 0 Å². The fraction of sp³-hybridized carbons (Fsp3) is 0.0714. The highest BCUT2D eigenvalue weighted by Gasteiger charge is 2.16. The van der Waals surface area contributed by atoms with Crippen LogP contribution in [-0.4, -0.2) is 22.9 Å². The summed E-state index contributed by atoms with van der Waals surface area (Å²) in [6.07, 6.45) is 0. The van der Waals surface area contributed by atoms with Crippen LogP contribution in [0.15, 0.2) is 48.5 Å². The lowest BCUT2D eigenvalue weighted by Crippen LogP contribution is -2.06. The Labute approximate surface area is 115 Å².